The molecule has 4 heteroatoms. The van der Waals surface area contributed by atoms with Crippen molar-refractivity contribution < 1.29 is 8.06 Å². The Morgan fingerprint density at radius 3 is 1.19 bits per heavy atom. The van der Waals surface area contributed by atoms with Crippen LogP contribution in [0.1, 0.15) is 59.3 Å². The van der Waals surface area contributed by atoms with Crippen LogP contribution in [-0.4, -0.2) is 43.9 Å². The molecule has 0 aromatic rings. The zero-order valence-corrected chi connectivity index (χ0v) is 15.0. The fraction of sp³-hybridized carbons (Fsp3) is 1.00. The van der Waals surface area contributed by atoms with E-state index in [1.807, 2.05) is 0 Å². The normalized spacial score (nSPS) is 11.2. The molecule has 0 heterocycles. The quantitative estimate of drug-likeness (QED) is 0.354. The zero-order chi connectivity index (χ0) is 12.1. The summed E-state index contributed by atoms with van der Waals surface area (Å²) >= 11 is -2.56. The first-order valence-corrected chi connectivity index (χ1v) is 11.4. The minimum absolute atomic E-state index is 0.816. The van der Waals surface area contributed by atoms with Gasteiger partial charge in [-0.25, -0.2) is 0 Å². The van der Waals surface area contributed by atoms with Crippen LogP contribution in [0.4, 0.5) is 0 Å². The summed E-state index contributed by atoms with van der Waals surface area (Å²) in [7, 11) is 0. The molecule has 0 bridgehead atoms. The third-order valence-electron chi connectivity index (χ3n) is 2.15. The predicted octanol–water partition coefficient (Wildman–Crippen LogP) is 3.42. The zero-order valence-electron chi connectivity index (χ0n) is 11.1. The summed E-state index contributed by atoms with van der Waals surface area (Å²) in [5.41, 5.74) is 0. The Labute approximate surface area is 111 Å². The van der Waals surface area contributed by atoms with Crippen molar-refractivity contribution in [1.29, 1.82) is 0 Å². The van der Waals surface area contributed by atoms with Crippen molar-refractivity contribution in [3.05, 3.63) is 0 Å². The van der Waals surface area contributed by atoms with Crippen molar-refractivity contribution in [3.63, 3.8) is 0 Å². The third-order valence-corrected chi connectivity index (χ3v) is 7.28. The first-order valence-electron chi connectivity index (χ1n) is 6.60. The molecular weight excluding hydrogens is 399 g/mol. The molecule has 0 amide bonds. The molecule has 0 fully saturated rings. The monoisotopic (exact) mass is 427 g/mol. The van der Waals surface area contributed by atoms with Gasteiger partial charge in [-0.1, -0.05) is 0 Å². The summed E-state index contributed by atoms with van der Waals surface area (Å²) in [5, 5.41) is 0. The summed E-state index contributed by atoms with van der Waals surface area (Å²) in [6, 6.07) is 0. The molecule has 0 N–H and O–H groups in total. The molecule has 3 nitrogen and oxygen atoms in total. The van der Waals surface area contributed by atoms with Crippen LogP contribution >= 0.6 is 0 Å². The van der Waals surface area contributed by atoms with Gasteiger partial charge >= 0.3 is 111 Å². The van der Waals surface area contributed by atoms with E-state index in [4.69, 9.17) is 8.06 Å². The van der Waals surface area contributed by atoms with Crippen LogP contribution in [0.15, 0.2) is 0 Å². The summed E-state index contributed by atoms with van der Waals surface area (Å²) in [6.07, 6.45) is 6.85. The molecule has 0 saturated carbocycles. The van der Waals surface area contributed by atoms with E-state index in [9.17, 15) is 0 Å². The van der Waals surface area contributed by atoms with Crippen molar-refractivity contribution in [2.45, 2.75) is 59.3 Å². The van der Waals surface area contributed by atoms with E-state index in [1.54, 1.807) is 0 Å². The maximum atomic E-state index is 5.74. The fourth-order valence-electron chi connectivity index (χ4n) is 1.02. The molecule has 0 spiro atoms. The average Bonchev–Trinajstić information content (AvgIpc) is 2.29. The van der Waals surface area contributed by atoms with E-state index < -0.39 is 24.1 Å². The van der Waals surface area contributed by atoms with Gasteiger partial charge in [-0.15, -0.1) is 0 Å². The maximum absolute atomic E-state index is 5.74. The second kappa shape index (κ2) is 13.9. The number of unbranched alkanes of at least 4 members (excludes halogenated alkanes) is 3. The Morgan fingerprint density at radius 2 is 0.938 bits per heavy atom. The van der Waals surface area contributed by atoms with Gasteiger partial charge in [-0.3, -0.25) is 0 Å². The fourth-order valence-corrected chi connectivity index (χ4v) is 5.62. The molecule has 97 valence electrons. The van der Waals surface area contributed by atoms with E-state index in [0.717, 1.165) is 39.1 Å². The van der Waals surface area contributed by atoms with E-state index in [0.29, 0.717) is 0 Å². The van der Waals surface area contributed by atoms with Crippen molar-refractivity contribution in [3.8, 4) is 0 Å². The van der Waals surface area contributed by atoms with E-state index in [2.05, 4.69) is 20.8 Å². The van der Waals surface area contributed by atoms with Crippen molar-refractivity contribution in [1.82, 2.24) is 0 Å². The number of hydrogen-bond donors (Lipinski definition) is 0. The third kappa shape index (κ3) is 11.3. The standard InChI is InChI=1S/3C4H9O.Pb/c3*1-2-3-4-5;/h3*2-4H2,1H3;/q3*-1;+3. The van der Waals surface area contributed by atoms with Gasteiger partial charge in [0.05, 0.1) is 0 Å². The molecule has 0 aromatic heterocycles. The van der Waals surface area contributed by atoms with Crippen LogP contribution in [0, 0.1) is 0 Å². The van der Waals surface area contributed by atoms with Gasteiger partial charge < -0.3 is 0 Å². The van der Waals surface area contributed by atoms with Crippen LogP contribution in [-0.2, 0) is 8.06 Å². The summed E-state index contributed by atoms with van der Waals surface area (Å²) in [5.74, 6) is 0. The molecule has 16 heavy (non-hydrogen) atoms. The summed E-state index contributed by atoms with van der Waals surface area (Å²) in [4.78, 5) is 0. The second-order valence-electron chi connectivity index (χ2n) is 3.86. The van der Waals surface area contributed by atoms with E-state index in [1.165, 1.54) is 19.3 Å². The Morgan fingerprint density at radius 1 is 0.625 bits per heavy atom. The molecule has 0 atom stereocenters. The Hall–Kier alpha value is 0.802. The molecule has 0 rings (SSSR count). The molecule has 1 radical (unpaired) electrons. The first-order chi connectivity index (χ1) is 7.85. The Balaban J connectivity index is 3.58. The van der Waals surface area contributed by atoms with Crippen molar-refractivity contribution in [2.75, 3.05) is 19.8 Å². The van der Waals surface area contributed by atoms with Gasteiger partial charge in [0, 0.05) is 0 Å². The SMILES string of the molecule is CCCC[O][Pb]([O]CCCC)[O]CCCC. The van der Waals surface area contributed by atoms with Gasteiger partial charge in [0.2, 0.25) is 0 Å². The van der Waals surface area contributed by atoms with Crippen LogP contribution in [0.25, 0.3) is 0 Å². The molecular formula is C12H27O3Pb. The second-order valence-corrected chi connectivity index (χ2v) is 9.17. The first kappa shape index (κ1) is 16.8. The number of rotatable bonds is 12. The Kier molecular flexibility index (Phi) is 14.6. The molecule has 0 aromatic carbocycles. The summed E-state index contributed by atoms with van der Waals surface area (Å²) < 4.78 is 17.2. The molecule has 0 aliphatic heterocycles. The van der Waals surface area contributed by atoms with E-state index in [-0.39, 0.29) is 0 Å². The molecule has 0 saturated heterocycles. The average molecular weight is 427 g/mol. The molecule has 0 aliphatic rings. The van der Waals surface area contributed by atoms with Crippen LogP contribution in [0.5, 0.6) is 0 Å². The van der Waals surface area contributed by atoms with Gasteiger partial charge in [0.25, 0.3) is 0 Å². The van der Waals surface area contributed by atoms with Crippen LogP contribution in [0.2, 0.25) is 0 Å². The number of hydrogen-bond acceptors (Lipinski definition) is 3. The van der Waals surface area contributed by atoms with Gasteiger partial charge in [0.1, 0.15) is 0 Å². The van der Waals surface area contributed by atoms with Crippen LogP contribution in [0.3, 0.4) is 0 Å². The van der Waals surface area contributed by atoms with E-state index >= 15 is 0 Å². The molecule has 0 unspecified atom stereocenters. The minimum atomic E-state index is -2.56. The topological polar surface area (TPSA) is 27.7 Å². The Bertz CT molecular complexity index is 110. The predicted molar refractivity (Wildman–Crippen MR) is 68.3 cm³/mol. The van der Waals surface area contributed by atoms with Gasteiger partial charge in [-0.2, -0.15) is 0 Å². The van der Waals surface area contributed by atoms with Crippen molar-refractivity contribution in [2.24, 2.45) is 0 Å². The van der Waals surface area contributed by atoms with Crippen molar-refractivity contribution >= 4 is 24.1 Å². The van der Waals surface area contributed by atoms with Crippen LogP contribution < -0.4 is 0 Å². The summed E-state index contributed by atoms with van der Waals surface area (Å²) in [6.45, 7) is 8.96. The van der Waals surface area contributed by atoms with Gasteiger partial charge in [0.15, 0.2) is 0 Å². The molecule has 0 aliphatic carbocycles. The van der Waals surface area contributed by atoms with Gasteiger partial charge in [-0.05, 0) is 0 Å².